The second-order valence-electron chi connectivity index (χ2n) is 8.52. The van der Waals surface area contributed by atoms with Gasteiger partial charge in [0.25, 0.3) is 0 Å². The van der Waals surface area contributed by atoms with Crippen LogP contribution in [0.25, 0.3) is 0 Å². The van der Waals surface area contributed by atoms with Gasteiger partial charge in [-0.3, -0.25) is 9.89 Å². The molecule has 1 atom stereocenters. The van der Waals surface area contributed by atoms with Crippen LogP contribution in [-0.2, 0) is 22.6 Å². The van der Waals surface area contributed by atoms with Crippen molar-refractivity contribution < 1.29 is 9.47 Å². The fourth-order valence-electron chi connectivity index (χ4n) is 4.14. The Morgan fingerprint density at radius 1 is 1.16 bits per heavy atom. The number of benzene rings is 1. The lowest BCUT2D eigenvalue weighted by molar-refractivity contribution is 0.0888. The van der Waals surface area contributed by atoms with E-state index in [0.29, 0.717) is 5.92 Å². The van der Waals surface area contributed by atoms with Crippen molar-refractivity contribution in [2.75, 3.05) is 53.1 Å². The van der Waals surface area contributed by atoms with Gasteiger partial charge in [-0.2, -0.15) is 0 Å². The van der Waals surface area contributed by atoms with Crippen molar-refractivity contribution in [2.45, 2.75) is 51.6 Å². The number of ether oxygens (including phenoxy) is 2. The van der Waals surface area contributed by atoms with Crippen LogP contribution in [0.3, 0.4) is 0 Å². The maximum atomic E-state index is 5.76. The molecule has 2 aliphatic rings. The molecule has 0 bridgehead atoms. The van der Waals surface area contributed by atoms with E-state index in [9.17, 15) is 0 Å². The Labute approximate surface area is 205 Å². The van der Waals surface area contributed by atoms with E-state index < -0.39 is 0 Å². The highest BCUT2D eigenvalue weighted by Gasteiger charge is 2.15. The van der Waals surface area contributed by atoms with Crippen LogP contribution < -0.4 is 10.6 Å². The first-order valence-electron chi connectivity index (χ1n) is 11.7. The molecule has 0 spiro atoms. The van der Waals surface area contributed by atoms with E-state index in [2.05, 4.69) is 44.8 Å². The summed E-state index contributed by atoms with van der Waals surface area (Å²) in [6.07, 6.45) is 7.54. The zero-order valence-electron chi connectivity index (χ0n) is 19.1. The van der Waals surface area contributed by atoms with Gasteiger partial charge in [0.05, 0.1) is 13.2 Å². The Kier molecular flexibility index (Phi) is 13.5. The van der Waals surface area contributed by atoms with Crippen LogP contribution in [0.15, 0.2) is 29.3 Å². The highest BCUT2D eigenvalue weighted by molar-refractivity contribution is 14.0. The first-order chi connectivity index (χ1) is 14.8. The molecule has 2 heterocycles. The number of aliphatic imine (C=N–C) groups is 1. The summed E-state index contributed by atoms with van der Waals surface area (Å²) in [5.74, 6) is 1.43. The molecule has 2 fully saturated rings. The minimum atomic E-state index is 0. The van der Waals surface area contributed by atoms with E-state index in [4.69, 9.17) is 9.47 Å². The second kappa shape index (κ2) is 15.8. The number of likely N-dealkylation sites (tertiary alicyclic amines) is 1. The summed E-state index contributed by atoms with van der Waals surface area (Å²) < 4.78 is 11.1. The van der Waals surface area contributed by atoms with E-state index in [0.717, 1.165) is 64.9 Å². The van der Waals surface area contributed by atoms with Gasteiger partial charge in [0, 0.05) is 45.8 Å². The summed E-state index contributed by atoms with van der Waals surface area (Å²) in [7, 11) is 1.82. The maximum Gasteiger partial charge on any atom is 0.191 e. The molecule has 1 aromatic carbocycles. The summed E-state index contributed by atoms with van der Waals surface area (Å²) in [6.45, 7) is 8.51. The van der Waals surface area contributed by atoms with Crippen LogP contribution in [0, 0.1) is 5.92 Å². The van der Waals surface area contributed by atoms with E-state index >= 15 is 0 Å². The minimum Gasteiger partial charge on any atom is -0.381 e. The van der Waals surface area contributed by atoms with Crippen LogP contribution in [-0.4, -0.2) is 64.0 Å². The smallest absolute Gasteiger partial charge is 0.191 e. The Morgan fingerprint density at radius 2 is 1.97 bits per heavy atom. The lowest BCUT2D eigenvalue weighted by atomic mass is 10.1. The summed E-state index contributed by atoms with van der Waals surface area (Å²) in [4.78, 5) is 6.94. The summed E-state index contributed by atoms with van der Waals surface area (Å²) in [5.41, 5.74) is 2.70. The standard InChI is InChI=1S/C24H40N4O2.HI/c1-25-24(26-11-7-14-29-19-23-10-15-30-20-23)27-17-21-8-6-9-22(16-21)18-28-12-4-2-3-5-13-28;/h6,8-9,16,23H,2-5,7,10-15,17-20H2,1H3,(H2,25,26,27);1H. The van der Waals surface area contributed by atoms with Gasteiger partial charge in [-0.05, 0) is 49.9 Å². The first kappa shape index (κ1) is 26.4. The lowest BCUT2D eigenvalue weighted by Crippen LogP contribution is -2.37. The normalized spacial score (nSPS) is 20.2. The van der Waals surface area contributed by atoms with Gasteiger partial charge in [0.15, 0.2) is 5.96 Å². The van der Waals surface area contributed by atoms with E-state index in [1.54, 1.807) is 0 Å². The van der Waals surface area contributed by atoms with Crippen LogP contribution >= 0.6 is 24.0 Å². The number of nitrogens with zero attached hydrogens (tertiary/aromatic N) is 2. The molecule has 0 aromatic heterocycles. The van der Waals surface area contributed by atoms with Crippen molar-refractivity contribution in [3.8, 4) is 0 Å². The molecule has 1 aromatic rings. The van der Waals surface area contributed by atoms with Crippen LogP contribution in [0.4, 0.5) is 0 Å². The Balaban J connectivity index is 0.00000341. The summed E-state index contributed by atoms with van der Waals surface area (Å²) in [5, 5.41) is 6.81. The molecular weight excluding hydrogens is 503 g/mol. The SMILES string of the molecule is CN=C(NCCCOCC1CCOC1)NCc1cccc(CN2CCCCCC2)c1.I. The molecule has 2 N–H and O–H groups in total. The predicted molar refractivity (Wildman–Crippen MR) is 138 cm³/mol. The monoisotopic (exact) mass is 544 g/mol. The average molecular weight is 545 g/mol. The van der Waals surface area contributed by atoms with E-state index in [1.165, 1.54) is 49.9 Å². The molecule has 2 saturated heterocycles. The van der Waals surface area contributed by atoms with E-state index in [-0.39, 0.29) is 24.0 Å². The quantitative estimate of drug-likeness (QED) is 0.203. The number of rotatable bonds is 10. The van der Waals surface area contributed by atoms with Crippen molar-refractivity contribution in [3.05, 3.63) is 35.4 Å². The fourth-order valence-corrected chi connectivity index (χ4v) is 4.14. The molecule has 0 radical (unpaired) electrons. The molecule has 3 rings (SSSR count). The first-order valence-corrected chi connectivity index (χ1v) is 11.7. The van der Waals surface area contributed by atoms with Crippen LogP contribution in [0.1, 0.15) is 49.7 Å². The molecule has 0 aliphatic carbocycles. The van der Waals surface area contributed by atoms with Gasteiger partial charge in [-0.1, -0.05) is 37.1 Å². The molecular formula is C24H41IN4O2. The van der Waals surface area contributed by atoms with Gasteiger partial charge < -0.3 is 20.1 Å². The summed E-state index contributed by atoms with van der Waals surface area (Å²) >= 11 is 0. The summed E-state index contributed by atoms with van der Waals surface area (Å²) in [6, 6.07) is 8.94. The molecule has 31 heavy (non-hydrogen) atoms. The van der Waals surface area contributed by atoms with Crippen molar-refractivity contribution in [1.29, 1.82) is 0 Å². The van der Waals surface area contributed by atoms with Crippen LogP contribution in [0.5, 0.6) is 0 Å². The topological polar surface area (TPSA) is 58.1 Å². The highest BCUT2D eigenvalue weighted by atomic mass is 127. The number of guanidine groups is 1. The zero-order chi connectivity index (χ0) is 20.9. The molecule has 2 aliphatic heterocycles. The zero-order valence-corrected chi connectivity index (χ0v) is 21.4. The van der Waals surface area contributed by atoms with Crippen molar-refractivity contribution in [1.82, 2.24) is 15.5 Å². The molecule has 176 valence electrons. The highest BCUT2D eigenvalue weighted by Crippen LogP contribution is 2.14. The second-order valence-corrected chi connectivity index (χ2v) is 8.52. The third-order valence-corrected chi connectivity index (χ3v) is 5.92. The Bertz CT molecular complexity index is 630. The maximum absolute atomic E-state index is 5.76. The molecule has 0 saturated carbocycles. The van der Waals surface area contributed by atoms with Gasteiger partial charge in [-0.15, -0.1) is 24.0 Å². The van der Waals surface area contributed by atoms with Crippen molar-refractivity contribution >= 4 is 29.9 Å². The molecule has 6 nitrogen and oxygen atoms in total. The lowest BCUT2D eigenvalue weighted by Gasteiger charge is -2.20. The minimum absolute atomic E-state index is 0. The third-order valence-electron chi connectivity index (χ3n) is 5.92. The largest absolute Gasteiger partial charge is 0.381 e. The fraction of sp³-hybridized carbons (Fsp3) is 0.708. The van der Waals surface area contributed by atoms with Gasteiger partial charge in [0.1, 0.15) is 0 Å². The molecule has 0 amide bonds. The number of nitrogens with one attached hydrogen (secondary N) is 2. The average Bonchev–Trinajstić information content (AvgIpc) is 3.16. The van der Waals surface area contributed by atoms with Gasteiger partial charge in [-0.25, -0.2) is 0 Å². The van der Waals surface area contributed by atoms with Gasteiger partial charge >= 0.3 is 0 Å². The number of hydrogen-bond acceptors (Lipinski definition) is 4. The molecule has 1 unspecified atom stereocenters. The Hall–Kier alpha value is -0.900. The van der Waals surface area contributed by atoms with Crippen LogP contribution in [0.2, 0.25) is 0 Å². The van der Waals surface area contributed by atoms with Crippen molar-refractivity contribution in [3.63, 3.8) is 0 Å². The third kappa shape index (κ3) is 10.5. The predicted octanol–water partition coefficient (Wildman–Crippen LogP) is 3.79. The molecule has 7 heteroatoms. The number of hydrogen-bond donors (Lipinski definition) is 2. The number of halogens is 1. The van der Waals surface area contributed by atoms with Crippen molar-refractivity contribution in [2.24, 2.45) is 10.9 Å². The van der Waals surface area contributed by atoms with Gasteiger partial charge in [0.2, 0.25) is 0 Å². The Morgan fingerprint density at radius 3 is 2.71 bits per heavy atom. The van der Waals surface area contributed by atoms with E-state index in [1.807, 2.05) is 7.05 Å².